The van der Waals surface area contributed by atoms with Gasteiger partial charge in [-0.3, -0.25) is 9.69 Å². The third kappa shape index (κ3) is 4.78. The topological polar surface area (TPSA) is 72.3 Å². The molecule has 2 heterocycles. The lowest BCUT2D eigenvalue weighted by molar-refractivity contribution is 0.0444. The minimum atomic E-state index is -0.192. The first kappa shape index (κ1) is 21.3. The second kappa shape index (κ2) is 8.53. The van der Waals surface area contributed by atoms with Crippen molar-refractivity contribution in [2.45, 2.75) is 46.6 Å². The number of aromatic nitrogens is 3. The van der Waals surface area contributed by atoms with Crippen LogP contribution >= 0.6 is 0 Å². The fourth-order valence-corrected chi connectivity index (χ4v) is 4.18. The van der Waals surface area contributed by atoms with E-state index in [0.717, 1.165) is 24.5 Å². The maximum Gasteiger partial charge on any atom is 0.273 e. The molecule has 0 saturated carbocycles. The van der Waals surface area contributed by atoms with Crippen molar-refractivity contribution in [2.75, 3.05) is 26.7 Å². The third-order valence-electron chi connectivity index (χ3n) is 5.81. The van der Waals surface area contributed by atoms with Gasteiger partial charge in [0.2, 0.25) is 0 Å². The first-order valence-electron chi connectivity index (χ1n) is 10.3. The largest absolute Gasteiger partial charge is 0.497 e. The first-order valence-corrected chi connectivity index (χ1v) is 10.3. The van der Waals surface area contributed by atoms with Gasteiger partial charge in [0, 0.05) is 31.2 Å². The molecule has 1 aliphatic rings. The lowest BCUT2D eigenvalue weighted by Gasteiger charge is -2.45. The maximum atomic E-state index is 12.8. The third-order valence-corrected chi connectivity index (χ3v) is 5.81. The monoisotopic (exact) mass is 399 g/mol. The number of carbonyl (C=O) groups is 1. The van der Waals surface area contributed by atoms with E-state index < -0.39 is 0 Å². The van der Waals surface area contributed by atoms with Gasteiger partial charge >= 0.3 is 0 Å². The second-order valence-electron chi connectivity index (χ2n) is 8.98. The number of carbonyl (C=O) groups excluding carboxylic acids is 1. The summed E-state index contributed by atoms with van der Waals surface area (Å²) in [5.41, 5.74) is 1.75. The summed E-state index contributed by atoms with van der Waals surface area (Å²) >= 11 is 0. The van der Waals surface area contributed by atoms with E-state index in [4.69, 9.17) is 4.74 Å². The van der Waals surface area contributed by atoms with Gasteiger partial charge < -0.3 is 10.1 Å². The number of rotatable bonds is 6. The van der Waals surface area contributed by atoms with E-state index in [1.165, 1.54) is 6.42 Å². The molecule has 158 valence electrons. The van der Waals surface area contributed by atoms with Crippen LogP contribution in [0, 0.1) is 18.8 Å². The molecule has 2 aromatic rings. The molecule has 0 radical (unpaired) electrons. The fourth-order valence-electron chi connectivity index (χ4n) is 4.18. The molecule has 3 rings (SSSR count). The molecule has 0 aliphatic carbocycles. The Labute approximate surface area is 173 Å². The molecule has 0 spiro atoms. The highest BCUT2D eigenvalue weighted by atomic mass is 16.5. The number of nitrogens with zero attached hydrogens (tertiary/aromatic N) is 4. The van der Waals surface area contributed by atoms with Crippen LogP contribution in [0.4, 0.5) is 0 Å². The Balaban J connectivity index is 1.69. The number of hydrogen-bond donors (Lipinski definition) is 1. The molecule has 1 amide bonds. The molecule has 1 N–H and O–H groups in total. The quantitative estimate of drug-likeness (QED) is 0.808. The van der Waals surface area contributed by atoms with Crippen molar-refractivity contribution >= 4 is 5.91 Å². The molecular formula is C22H33N5O2. The Morgan fingerprint density at radius 2 is 1.97 bits per heavy atom. The van der Waals surface area contributed by atoms with Gasteiger partial charge in [0.1, 0.15) is 5.75 Å². The summed E-state index contributed by atoms with van der Waals surface area (Å²) in [7, 11) is 1.62. The van der Waals surface area contributed by atoms with E-state index in [1.807, 2.05) is 31.2 Å². The number of methoxy groups -OCH3 is 1. The van der Waals surface area contributed by atoms with Crippen LogP contribution in [0.15, 0.2) is 24.3 Å². The van der Waals surface area contributed by atoms with E-state index >= 15 is 0 Å². The van der Waals surface area contributed by atoms with Crippen LogP contribution in [0.5, 0.6) is 5.75 Å². The highest BCUT2D eigenvalue weighted by molar-refractivity contribution is 5.93. The maximum absolute atomic E-state index is 12.8. The molecule has 29 heavy (non-hydrogen) atoms. The summed E-state index contributed by atoms with van der Waals surface area (Å²) in [5.74, 6) is 1.90. The van der Waals surface area contributed by atoms with E-state index in [1.54, 1.807) is 11.8 Å². The van der Waals surface area contributed by atoms with Crippen molar-refractivity contribution in [1.29, 1.82) is 0 Å². The lowest BCUT2D eigenvalue weighted by Crippen LogP contribution is -2.56. The van der Waals surface area contributed by atoms with Crippen LogP contribution in [-0.2, 0) is 0 Å². The average molecular weight is 400 g/mol. The highest BCUT2D eigenvalue weighted by Gasteiger charge is 2.33. The molecule has 1 aliphatic heterocycles. The Morgan fingerprint density at radius 3 is 2.62 bits per heavy atom. The molecule has 2 unspecified atom stereocenters. The van der Waals surface area contributed by atoms with Crippen molar-refractivity contribution in [3.63, 3.8) is 0 Å². The number of piperidine rings is 1. The molecule has 1 saturated heterocycles. The smallest absolute Gasteiger partial charge is 0.273 e. The number of hydrogen-bond acceptors (Lipinski definition) is 5. The van der Waals surface area contributed by atoms with Crippen LogP contribution in [0.25, 0.3) is 5.69 Å². The predicted molar refractivity (Wildman–Crippen MR) is 114 cm³/mol. The molecule has 7 heteroatoms. The van der Waals surface area contributed by atoms with Gasteiger partial charge in [-0.2, -0.15) is 0 Å². The number of amides is 1. The Morgan fingerprint density at radius 1 is 1.28 bits per heavy atom. The highest BCUT2D eigenvalue weighted by Crippen LogP contribution is 2.27. The summed E-state index contributed by atoms with van der Waals surface area (Å²) in [6.07, 6.45) is 1.27. The van der Waals surface area contributed by atoms with Crippen molar-refractivity contribution in [3.05, 3.63) is 35.7 Å². The van der Waals surface area contributed by atoms with Gasteiger partial charge in [-0.25, -0.2) is 4.68 Å². The number of likely N-dealkylation sites (tertiary alicyclic amines) is 1. The van der Waals surface area contributed by atoms with Crippen molar-refractivity contribution in [1.82, 2.24) is 25.2 Å². The van der Waals surface area contributed by atoms with E-state index in [9.17, 15) is 4.79 Å². The molecular weight excluding hydrogens is 366 g/mol. The minimum Gasteiger partial charge on any atom is -0.497 e. The molecule has 2 atom stereocenters. The number of ether oxygens (including phenoxy) is 1. The van der Waals surface area contributed by atoms with Crippen molar-refractivity contribution < 1.29 is 9.53 Å². The van der Waals surface area contributed by atoms with Gasteiger partial charge in [-0.1, -0.05) is 25.1 Å². The van der Waals surface area contributed by atoms with Gasteiger partial charge in [-0.05, 0) is 51.2 Å². The van der Waals surface area contributed by atoms with Crippen LogP contribution in [0.3, 0.4) is 0 Å². The van der Waals surface area contributed by atoms with Crippen LogP contribution in [0.1, 0.15) is 50.3 Å². The van der Waals surface area contributed by atoms with E-state index in [0.29, 0.717) is 29.8 Å². The van der Waals surface area contributed by atoms with Gasteiger partial charge in [0.25, 0.3) is 5.91 Å². The van der Waals surface area contributed by atoms with Crippen LogP contribution in [0.2, 0.25) is 0 Å². The Kier molecular flexibility index (Phi) is 6.27. The zero-order valence-electron chi connectivity index (χ0n) is 18.4. The summed E-state index contributed by atoms with van der Waals surface area (Å²) in [5, 5.41) is 11.4. The van der Waals surface area contributed by atoms with Crippen LogP contribution < -0.4 is 10.1 Å². The molecule has 1 fully saturated rings. The normalized spacial score (nSPS) is 20.5. The minimum absolute atomic E-state index is 0.116. The Hall–Kier alpha value is -2.41. The van der Waals surface area contributed by atoms with Crippen molar-refractivity contribution in [3.8, 4) is 11.4 Å². The first-order chi connectivity index (χ1) is 13.7. The zero-order valence-corrected chi connectivity index (χ0v) is 18.4. The summed E-state index contributed by atoms with van der Waals surface area (Å²) in [4.78, 5) is 15.3. The summed E-state index contributed by atoms with van der Waals surface area (Å²) < 4.78 is 6.94. The Bertz CT molecular complexity index is 851. The molecule has 0 bridgehead atoms. The summed E-state index contributed by atoms with van der Waals surface area (Å²) in [6, 6.07) is 7.53. The SMILES string of the molecule is COc1cccc(-n2nnc(C(=O)NCC(C)(C)N3CC(C)CC(C)C3)c2C)c1. The van der Waals surface area contributed by atoms with Gasteiger partial charge in [0.05, 0.1) is 18.5 Å². The average Bonchev–Trinajstić information content (AvgIpc) is 3.07. The number of benzene rings is 1. The second-order valence-corrected chi connectivity index (χ2v) is 8.98. The lowest BCUT2D eigenvalue weighted by atomic mass is 9.88. The van der Waals surface area contributed by atoms with Crippen LogP contribution in [-0.4, -0.2) is 58.1 Å². The molecule has 1 aromatic heterocycles. The zero-order chi connectivity index (χ0) is 21.2. The number of nitrogens with one attached hydrogen (secondary N) is 1. The standard InChI is InChI=1S/C22H33N5O2/c1-15-10-16(2)13-26(12-15)22(4,5)14-23-21(28)20-17(3)27(25-24-20)18-8-7-9-19(11-18)29-6/h7-9,11,15-16H,10,12-14H2,1-6H3,(H,23,28). The van der Waals surface area contributed by atoms with E-state index in [-0.39, 0.29) is 11.4 Å². The molecule has 1 aromatic carbocycles. The molecule has 7 nitrogen and oxygen atoms in total. The fraction of sp³-hybridized carbons (Fsp3) is 0.591. The van der Waals surface area contributed by atoms with Crippen molar-refractivity contribution in [2.24, 2.45) is 11.8 Å². The van der Waals surface area contributed by atoms with Gasteiger partial charge in [-0.15, -0.1) is 5.10 Å². The predicted octanol–water partition coefficient (Wildman–Crippen LogP) is 3.07. The van der Waals surface area contributed by atoms with Gasteiger partial charge in [0.15, 0.2) is 5.69 Å². The van der Waals surface area contributed by atoms with E-state index in [2.05, 4.69) is 48.2 Å². The summed E-state index contributed by atoms with van der Waals surface area (Å²) in [6.45, 7) is 13.5.